The summed E-state index contributed by atoms with van der Waals surface area (Å²) in [6.45, 7) is 6.32. The Hall–Kier alpha value is -1.02. The van der Waals surface area contributed by atoms with Crippen LogP contribution in [0.4, 0.5) is 4.39 Å². The zero-order valence-electron chi connectivity index (χ0n) is 15.3. The quantitative estimate of drug-likeness (QED) is 0.504. The van der Waals surface area contributed by atoms with Crippen LogP contribution in [0.1, 0.15) is 69.8 Å². The minimum absolute atomic E-state index is 0.143. The number of hydrogen-bond acceptors (Lipinski definition) is 1. The van der Waals surface area contributed by atoms with Crippen molar-refractivity contribution in [1.29, 1.82) is 0 Å². The molecule has 0 aliphatic heterocycles. The summed E-state index contributed by atoms with van der Waals surface area (Å²) in [6.07, 6.45) is 12.0. The summed E-state index contributed by atoms with van der Waals surface area (Å²) >= 11 is 6.17. The van der Waals surface area contributed by atoms with Crippen LogP contribution < -0.4 is 4.74 Å². The second kappa shape index (κ2) is 8.58. The second-order valence-electron chi connectivity index (χ2n) is 7.74. The van der Waals surface area contributed by atoms with Gasteiger partial charge in [0.25, 0.3) is 0 Å². The minimum Gasteiger partial charge on any atom is -0.492 e. The lowest BCUT2D eigenvalue weighted by atomic mass is 9.68. The van der Waals surface area contributed by atoms with Crippen molar-refractivity contribution in [2.45, 2.75) is 64.2 Å². The molecule has 0 unspecified atom stereocenters. The average Bonchev–Trinajstić information content (AvgIpc) is 2.66. The summed E-state index contributed by atoms with van der Waals surface area (Å²) < 4.78 is 20.1. The molecule has 0 saturated heterocycles. The maximum Gasteiger partial charge on any atom is 0.149 e. The molecule has 0 spiro atoms. The van der Waals surface area contributed by atoms with E-state index in [2.05, 4.69) is 12.7 Å². The molecule has 0 N–H and O–H groups in total. The van der Waals surface area contributed by atoms with Gasteiger partial charge in [-0.1, -0.05) is 23.7 Å². The van der Waals surface area contributed by atoms with E-state index in [-0.39, 0.29) is 10.8 Å². The van der Waals surface area contributed by atoms with Gasteiger partial charge in [0.2, 0.25) is 0 Å². The molecule has 1 aromatic rings. The van der Waals surface area contributed by atoms with Gasteiger partial charge < -0.3 is 4.74 Å². The molecule has 25 heavy (non-hydrogen) atoms. The molecule has 2 aliphatic carbocycles. The fourth-order valence-corrected chi connectivity index (χ4v) is 5.11. The van der Waals surface area contributed by atoms with Gasteiger partial charge in [-0.05, 0) is 93.6 Å². The lowest BCUT2D eigenvalue weighted by molar-refractivity contribution is 0.171. The lowest BCUT2D eigenvalue weighted by Crippen LogP contribution is -2.25. The van der Waals surface area contributed by atoms with E-state index in [1.165, 1.54) is 38.5 Å². The van der Waals surface area contributed by atoms with Crippen molar-refractivity contribution in [3.05, 3.63) is 41.2 Å². The monoisotopic (exact) mass is 364 g/mol. The van der Waals surface area contributed by atoms with Gasteiger partial charge in [-0.2, -0.15) is 0 Å². The lowest BCUT2D eigenvalue weighted by Gasteiger charge is -2.37. The van der Waals surface area contributed by atoms with Gasteiger partial charge in [-0.25, -0.2) is 4.39 Å². The van der Waals surface area contributed by atoms with Crippen LogP contribution >= 0.6 is 11.6 Å². The number of benzene rings is 1. The Morgan fingerprint density at radius 2 is 1.68 bits per heavy atom. The van der Waals surface area contributed by atoms with Crippen molar-refractivity contribution >= 4 is 11.6 Å². The Balaban J connectivity index is 1.59. The number of ether oxygens (including phenoxy) is 1. The van der Waals surface area contributed by atoms with Crippen molar-refractivity contribution in [3.8, 4) is 5.75 Å². The molecule has 0 aromatic heterocycles. The predicted molar refractivity (Wildman–Crippen MR) is 103 cm³/mol. The standard InChI is InChI=1S/C22H30ClFO/c1-3-15-5-7-16(8-6-15)17-9-11-18(12-10-17)19-13-14-20(25-4-2)21(23)22(19)24/h3,13-18H,1,4-12H2,2H3/t15-,16-,17-,18-. The van der Waals surface area contributed by atoms with E-state index in [4.69, 9.17) is 16.3 Å². The van der Waals surface area contributed by atoms with E-state index in [1.54, 1.807) is 0 Å². The zero-order chi connectivity index (χ0) is 17.8. The summed E-state index contributed by atoms with van der Waals surface area (Å²) in [5.74, 6) is 2.90. The van der Waals surface area contributed by atoms with Crippen LogP contribution in [0.2, 0.25) is 5.02 Å². The molecule has 2 saturated carbocycles. The van der Waals surface area contributed by atoms with Crippen molar-refractivity contribution in [3.63, 3.8) is 0 Å². The highest BCUT2D eigenvalue weighted by Gasteiger charge is 2.32. The van der Waals surface area contributed by atoms with Crippen molar-refractivity contribution in [2.75, 3.05) is 6.61 Å². The maximum absolute atomic E-state index is 14.7. The van der Waals surface area contributed by atoms with E-state index in [0.717, 1.165) is 36.2 Å². The Bertz CT molecular complexity index is 584. The Labute approximate surface area is 156 Å². The van der Waals surface area contributed by atoms with Gasteiger partial charge in [0.1, 0.15) is 16.6 Å². The van der Waals surface area contributed by atoms with Gasteiger partial charge in [0, 0.05) is 0 Å². The number of rotatable bonds is 5. The minimum atomic E-state index is -0.275. The molecule has 0 amide bonds. The number of allylic oxidation sites excluding steroid dienone is 1. The summed E-state index contributed by atoms with van der Waals surface area (Å²) in [5.41, 5.74) is 0.780. The Morgan fingerprint density at radius 1 is 1.08 bits per heavy atom. The third-order valence-corrected chi connectivity index (χ3v) is 6.76. The zero-order valence-corrected chi connectivity index (χ0v) is 16.0. The fraction of sp³-hybridized carbons (Fsp3) is 0.636. The van der Waals surface area contributed by atoms with Gasteiger partial charge in [0.15, 0.2) is 0 Å². The first-order valence-electron chi connectivity index (χ1n) is 9.87. The van der Waals surface area contributed by atoms with Crippen LogP contribution in [0.25, 0.3) is 0 Å². The molecule has 2 fully saturated rings. The normalized spacial score (nSPS) is 30.0. The molecule has 0 heterocycles. The molecule has 2 aliphatic rings. The van der Waals surface area contributed by atoms with Crippen LogP contribution in [-0.4, -0.2) is 6.61 Å². The smallest absolute Gasteiger partial charge is 0.149 e. The highest BCUT2D eigenvalue weighted by atomic mass is 35.5. The molecule has 138 valence electrons. The first-order chi connectivity index (χ1) is 12.1. The van der Waals surface area contributed by atoms with Crippen LogP contribution in [0.15, 0.2) is 24.8 Å². The van der Waals surface area contributed by atoms with E-state index in [0.29, 0.717) is 18.3 Å². The highest BCUT2D eigenvalue weighted by molar-refractivity contribution is 6.32. The molecule has 0 atom stereocenters. The highest BCUT2D eigenvalue weighted by Crippen LogP contribution is 2.45. The summed E-state index contributed by atoms with van der Waals surface area (Å²) in [5, 5.41) is 0.143. The van der Waals surface area contributed by atoms with Gasteiger partial charge in [0.05, 0.1) is 6.61 Å². The summed E-state index contributed by atoms with van der Waals surface area (Å²) in [7, 11) is 0. The second-order valence-corrected chi connectivity index (χ2v) is 8.11. The van der Waals surface area contributed by atoms with E-state index >= 15 is 0 Å². The number of halogens is 2. The first-order valence-corrected chi connectivity index (χ1v) is 10.2. The van der Waals surface area contributed by atoms with Crippen LogP contribution in [0.5, 0.6) is 5.75 Å². The molecule has 0 radical (unpaired) electrons. The van der Waals surface area contributed by atoms with Crippen molar-refractivity contribution in [1.82, 2.24) is 0 Å². The van der Waals surface area contributed by atoms with Crippen LogP contribution in [-0.2, 0) is 0 Å². The molecule has 0 bridgehead atoms. The predicted octanol–water partition coefficient (Wildman–Crippen LogP) is 7.14. The molecular formula is C22H30ClFO. The van der Waals surface area contributed by atoms with Gasteiger partial charge in [-0.3, -0.25) is 0 Å². The number of hydrogen-bond donors (Lipinski definition) is 0. The Kier molecular flexibility index (Phi) is 6.44. The molecular weight excluding hydrogens is 335 g/mol. The topological polar surface area (TPSA) is 9.23 Å². The first kappa shape index (κ1) is 18.8. The summed E-state index contributed by atoms with van der Waals surface area (Å²) in [6, 6.07) is 3.71. The summed E-state index contributed by atoms with van der Waals surface area (Å²) in [4.78, 5) is 0. The third-order valence-electron chi connectivity index (χ3n) is 6.40. The van der Waals surface area contributed by atoms with E-state index in [9.17, 15) is 4.39 Å². The van der Waals surface area contributed by atoms with E-state index < -0.39 is 0 Å². The average molecular weight is 365 g/mol. The van der Waals surface area contributed by atoms with E-state index in [1.807, 2.05) is 19.1 Å². The van der Waals surface area contributed by atoms with Crippen molar-refractivity contribution < 1.29 is 9.13 Å². The molecule has 1 nitrogen and oxygen atoms in total. The third kappa shape index (κ3) is 4.22. The van der Waals surface area contributed by atoms with Gasteiger partial charge >= 0.3 is 0 Å². The van der Waals surface area contributed by atoms with Crippen molar-refractivity contribution in [2.24, 2.45) is 17.8 Å². The fourth-order valence-electron chi connectivity index (χ4n) is 4.88. The molecule has 1 aromatic carbocycles. The largest absolute Gasteiger partial charge is 0.492 e. The van der Waals surface area contributed by atoms with Crippen LogP contribution in [0, 0.1) is 23.6 Å². The molecule has 3 rings (SSSR count). The maximum atomic E-state index is 14.7. The van der Waals surface area contributed by atoms with Crippen LogP contribution in [0.3, 0.4) is 0 Å². The Morgan fingerprint density at radius 3 is 2.24 bits per heavy atom. The SMILES string of the molecule is C=C[C@H]1CC[C@H]([C@H]2CC[C@H](c3ccc(OCC)c(Cl)c3F)CC2)CC1. The molecule has 3 heteroatoms. The van der Waals surface area contributed by atoms with Gasteiger partial charge in [-0.15, -0.1) is 6.58 Å².